The van der Waals surface area contributed by atoms with Crippen LogP contribution in [0.25, 0.3) is 0 Å². The Kier molecular flexibility index (Phi) is 2.41. The zero-order valence-corrected chi connectivity index (χ0v) is 7.59. The minimum absolute atomic E-state index is 0.0577. The van der Waals surface area contributed by atoms with Gasteiger partial charge in [-0.1, -0.05) is 0 Å². The molecule has 1 rings (SSSR count). The van der Waals surface area contributed by atoms with Gasteiger partial charge in [0.15, 0.2) is 5.82 Å². The highest BCUT2D eigenvalue weighted by Crippen LogP contribution is 2.10. The monoisotopic (exact) mass is 183 g/mol. The summed E-state index contributed by atoms with van der Waals surface area (Å²) < 4.78 is 0. The average Bonchev–Trinajstić information content (AvgIpc) is 1.98. The molecule has 72 valence electrons. The predicted octanol–water partition coefficient (Wildman–Crippen LogP) is -0.245. The van der Waals surface area contributed by atoms with Gasteiger partial charge in [0.2, 0.25) is 5.95 Å². The maximum Gasteiger partial charge on any atom is 0.277 e. The molecule has 0 atom stereocenters. The highest BCUT2D eigenvalue weighted by Gasteiger charge is 2.06. The molecule has 0 unspecified atom stereocenters. The van der Waals surface area contributed by atoms with Crippen LogP contribution in [-0.2, 0) is 0 Å². The van der Waals surface area contributed by atoms with E-state index >= 15 is 0 Å². The van der Waals surface area contributed by atoms with Crippen LogP contribution in [0.3, 0.4) is 0 Å². The Hall–Kier alpha value is -1.72. The first-order chi connectivity index (χ1) is 6.00. The second kappa shape index (κ2) is 3.34. The van der Waals surface area contributed by atoms with Gasteiger partial charge in [-0.2, -0.15) is 4.98 Å². The Morgan fingerprint density at radius 1 is 1.46 bits per heavy atom. The van der Waals surface area contributed by atoms with Gasteiger partial charge in [0.1, 0.15) is 5.69 Å². The number of nitrogens with two attached hydrogens (primary N) is 2. The van der Waals surface area contributed by atoms with Gasteiger partial charge >= 0.3 is 0 Å². The van der Waals surface area contributed by atoms with Gasteiger partial charge in [-0.15, -0.1) is 0 Å². The van der Waals surface area contributed by atoms with Gasteiger partial charge in [0.05, 0.1) is 0 Å². The molecule has 0 aliphatic rings. The lowest BCUT2D eigenvalue weighted by Gasteiger charge is -2.10. The maximum absolute atomic E-state index is 11.1. The standard InChI is InChI=1S/C7H13N5O/c1-3(2)10-5-4(8)6(13)12-7(9)11-5/h3H,8H2,1-2H3,(H4,9,10,11,12,13). The van der Waals surface area contributed by atoms with Gasteiger partial charge in [-0.05, 0) is 13.8 Å². The molecular formula is C7H13N5O. The highest BCUT2D eigenvalue weighted by molar-refractivity contribution is 5.61. The van der Waals surface area contributed by atoms with Crippen LogP contribution in [-0.4, -0.2) is 16.0 Å². The van der Waals surface area contributed by atoms with Crippen LogP contribution in [0, 0.1) is 0 Å². The SMILES string of the molecule is CC(C)Nc1nc(N)[nH]c(=O)c1N. The molecule has 0 bridgehead atoms. The smallest absolute Gasteiger partial charge is 0.277 e. The molecule has 6 N–H and O–H groups in total. The molecule has 0 aromatic carbocycles. The van der Waals surface area contributed by atoms with Crippen LogP contribution < -0.4 is 22.3 Å². The summed E-state index contributed by atoms with van der Waals surface area (Å²) >= 11 is 0. The van der Waals surface area contributed by atoms with Crippen molar-refractivity contribution in [2.24, 2.45) is 0 Å². The Bertz CT molecular complexity index is 356. The molecule has 0 aliphatic heterocycles. The van der Waals surface area contributed by atoms with E-state index in [4.69, 9.17) is 11.5 Å². The number of anilines is 3. The summed E-state index contributed by atoms with van der Waals surface area (Å²) in [7, 11) is 0. The molecule has 0 fully saturated rings. The van der Waals surface area contributed by atoms with E-state index in [0.717, 1.165) is 0 Å². The van der Waals surface area contributed by atoms with E-state index in [-0.39, 0.29) is 17.7 Å². The number of aromatic amines is 1. The van der Waals surface area contributed by atoms with Gasteiger partial charge in [0, 0.05) is 6.04 Å². The Labute approximate surface area is 75.4 Å². The Morgan fingerprint density at radius 3 is 2.62 bits per heavy atom. The van der Waals surface area contributed by atoms with Crippen molar-refractivity contribution in [3.8, 4) is 0 Å². The number of hydrogen-bond acceptors (Lipinski definition) is 5. The molecule has 13 heavy (non-hydrogen) atoms. The summed E-state index contributed by atoms with van der Waals surface area (Å²) in [5, 5.41) is 2.92. The fourth-order valence-electron chi connectivity index (χ4n) is 0.883. The van der Waals surface area contributed by atoms with Crippen LogP contribution in [0.2, 0.25) is 0 Å². The number of aromatic nitrogens is 2. The van der Waals surface area contributed by atoms with Gasteiger partial charge in [-0.3, -0.25) is 9.78 Å². The summed E-state index contributed by atoms with van der Waals surface area (Å²) in [6.45, 7) is 3.83. The van der Waals surface area contributed by atoms with Crippen molar-refractivity contribution < 1.29 is 0 Å². The second-order valence-electron chi connectivity index (χ2n) is 3.01. The first kappa shape index (κ1) is 9.37. The largest absolute Gasteiger partial charge is 0.391 e. The summed E-state index contributed by atoms with van der Waals surface area (Å²) in [5.41, 5.74) is 10.5. The summed E-state index contributed by atoms with van der Waals surface area (Å²) in [4.78, 5) is 17.3. The van der Waals surface area contributed by atoms with Crippen molar-refractivity contribution in [1.82, 2.24) is 9.97 Å². The quantitative estimate of drug-likeness (QED) is 0.505. The molecule has 0 spiro atoms. The lowest BCUT2D eigenvalue weighted by molar-refractivity contribution is 0.887. The van der Waals surface area contributed by atoms with Gasteiger partial charge < -0.3 is 16.8 Å². The van der Waals surface area contributed by atoms with Crippen LogP contribution in [0.15, 0.2) is 4.79 Å². The molecule has 1 aromatic heterocycles. The third kappa shape index (κ3) is 2.11. The average molecular weight is 183 g/mol. The molecule has 6 nitrogen and oxygen atoms in total. The molecule has 0 amide bonds. The highest BCUT2D eigenvalue weighted by atomic mass is 16.1. The van der Waals surface area contributed by atoms with Crippen molar-refractivity contribution >= 4 is 17.5 Å². The third-order valence-corrected chi connectivity index (χ3v) is 1.40. The van der Waals surface area contributed by atoms with Crippen LogP contribution in [0.1, 0.15) is 13.8 Å². The molecule has 1 aromatic rings. The number of nitrogens with one attached hydrogen (secondary N) is 2. The first-order valence-electron chi connectivity index (χ1n) is 3.92. The fourth-order valence-corrected chi connectivity index (χ4v) is 0.883. The predicted molar refractivity (Wildman–Crippen MR) is 52.4 cm³/mol. The van der Waals surface area contributed by atoms with Crippen molar-refractivity contribution in [1.29, 1.82) is 0 Å². The Morgan fingerprint density at radius 2 is 2.08 bits per heavy atom. The number of nitrogens with zero attached hydrogens (tertiary/aromatic N) is 1. The minimum Gasteiger partial charge on any atom is -0.391 e. The van der Waals surface area contributed by atoms with E-state index in [2.05, 4.69) is 15.3 Å². The van der Waals surface area contributed by atoms with E-state index in [0.29, 0.717) is 5.82 Å². The van der Waals surface area contributed by atoms with Crippen LogP contribution >= 0.6 is 0 Å². The summed E-state index contributed by atoms with van der Waals surface area (Å²) in [5.74, 6) is 0.388. The zero-order chi connectivity index (χ0) is 10.0. The lowest BCUT2D eigenvalue weighted by Crippen LogP contribution is -2.21. The molecule has 6 heteroatoms. The number of hydrogen-bond donors (Lipinski definition) is 4. The lowest BCUT2D eigenvalue weighted by atomic mass is 10.3. The van der Waals surface area contributed by atoms with Crippen molar-refractivity contribution in [2.45, 2.75) is 19.9 Å². The van der Waals surface area contributed by atoms with Crippen molar-refractivity contribution in [2.75, 3.05) is 16.8 Å². The zero-order valence-electron chi connectivity index (χ0n) is 7.59. The molecule has 0 saturated carbocycles. The Balaban J connectivity index is 3.13. The minimum atomic E-state index is -0.421. The third-order valence-electron chi connectivity index (χ3n) is 1.40. The van der Waals surface area contributed by atoms with Gasteiger partial charge in [-0.25, -0.2) is 0 Å². The van der Waals surface area contributed by atoms with Crippen LogP contribution in [0.4, 0.5) is 17.5 Å². The number of nitrogen functional groups attached to an aromatic ring is 2. The molecular weight excluding hydrogens is 170 g/mol. The van der Waals surface area contributed by atoms with E-state index in [1.54, 1.807) is 0 Å². The molecule has 0 radical (unpaired) electrons. The maximum atomic E-state index is 11.1. The molecule has 0 saturated heterocycles. The topological polar surface area (TPSA) is 110 Å². The van der Waals surface area contributed by atoms with Crippen LogP contribution in [0.5, 0.6) is 0 Å². The summed E-state index contributed by atoms with van der Waals surface area (Å²) in [6.07, 6.45) is 0. The van der Waals surface area contributed by atoms with Crippen molar-refractivity contribution in [3.63, 3.8) is 0 Å². The molecule has 1 heterocycles. The van der Waals surface area contributed by atoms with E-state index in [9.17, 15) is 4.79 Å². The van der Waals surface area contributed by atoms with Gasteiger partial charge in [0.25, 0.3) is 5.56 Å². The number of rotatable bonds is 2. The second-order valence-corrected chi connectivity index (χ2v) is 3.01. The van der Waals surface area contributed by atoms with E-state index in [1.165, 1.54) is 0 Å². The first-order valence-corrected chi connectivity index (χ1v) is 3.92. The summed E-state index contributed by atoms with van der Waals surface area (Å²) in [6, 6.07) is 0.149. The van der Waals surface area contributed by atoms with E-state index < -0.39 is 5.56 Å². The normalized spacial score (nSPS) is 10.4. The van der Waals surface area contributed by atoms with Crippen molar-refractivity contribution in [3.05, 3.63) is 10.4 Å². The van der Waals surface area contributed by atoms with E-state index in [1.807, 2.05) is 13.8 Å². The molecule has 0 aliphatic carbocycles. The number of H-pyrrole nitrogens is 1. The fraction of sp³-hybridized carbons (Fsp3) is 0.429.